The zero-order chi connectivity index (χ0) is 6.78. The van der Waals surface area contributed by atoms with E-state index in [1.54, 1.807) is 0 Å². The second-order valence-electron chi connectivity index (χ2n) is 0.889. The van der Waals surface area contributed by atoms with E-state index in [-0.39, 0.29) is 131 Å². The normalized spacial score (nSPS) is 8.46. The fourth-order valence-corrected chi connectivity index (χ4v) is 0.900. The first-order chi connectivity index (χ1) is 3.42. The van der Waals surface area contributed by atoms with Crippen molar-refractivity contribution in [2.75, 3.05) is 0 Å². The molecule has 0 saturated heterocycles. The van der Waals surface area contributed by atoms with Crippen LogP contribution in [0.25, 0.3) is 0 Å². The molecule has 1 unspecified atom stereocenters. The summed E-state index contributed by atoms with van der Waals surface area (Å²) in [6.45, 7) is 0. The molecule has 1 atom stereocenters. The molecule has 5 N–H and O–H groups in total. The zero-order valence-corrected chi connectivity index (χ0v) is 18.4. The first kappa shape index (κ1) is 36.0. The summed E-state index contributed by atoms with van der Waals surface area (Å²) in [5.41, 5.74) is 0. The molecule has 0 bridgehead atoms. The average molecular weight is 400 g/mol. The third-order valence-corrected chi connectivity index (χ3v) is 1.77. The van der Waals surface area contributed by atoms with Crippen molar-refractivity contribution in [3.8, 4) is 0 Å². The van der Waals surface area contributed by atoms with Gasteiger partial charge in [0.05, 0.1) is 0 Å². The van der Waals surface area contributed by atoms with Gasteiger partial charge in [0.1, 0.15) is 0 Å². The molecule has 0 fully saturated rings. The Morgan fingerprint density at radius 3 is 1.62 bits per heavy atom. The number of hydrogen-bond acceptors (Lipinski definition) is 6. The van der Waals surface area contributed by atoms with E-state index in [9.17, 15) is 9.46 Å². The predicted molar refractivity (Wildman–Crippen MR) is 46.4 cm³/mol. The van der Waals surface area contributed by atoms with Gasteiger partial charge in [0.25, 0.3) is 0 Å². The maximum Gasteiger partial charge on any atom is 2.00 e. The van der Waals surface area contributed by atoms with Crippen molar-refractivity contribution >= 4 is 118 Å². The van der Waals surface area contributed by atoms with E-state index in [0.717, 1.165) is 0 Å². The molecule has 0 aliphatic rings. The Morgan fingerprint density at radius 2 is 1.62 bits per heavy atom. The van der Waals surface area contributed by atoms with Gasteiger partial charge in [0.2, 0.25) is 0 Å². The summed E-state index contributed by atoms with van der Waals surface area (Å²) >= 11 is 0. The summed E-state index contributed by atoms with van der Waals surface area (Å²) in [5, 5.41) is 0. The molecule has 3 radical (unpaired) electrons. The van der Waals surface area contributed by atoms with Crippen LogP contribution in [-0.2, 0) is 28.3 Å². The predicted octanol–water partition coefficient (Wildman–Crippen LogP) is -4.09. The van der Waals surface area contributed by atoms with E-state index in [4.69, 9.17) is 14.4 Å². The van der Waals surface area contributed by atoms with Crippen molar-refractivity contribution in [2.45, 2.75) is 0 Å². The fraction of sp³-hybridized carbons (Fsp3) is 0. The third-order valence-electron chi connectivity index (χ3n) is 0.197. The number of rotatable bonds is 2. The van der Waals surface area contributed by atoms with Crippen molar-refractivity contribution in [3.05, 3.63) is 0 Å². The number of hydrogen-bond donors (Lipinski definition) is 3. The third kappa shape index (κ3) is 38.7. The van der Waals surface area contributed by atoms with E-state index in [2.05, 4.69) is 4.21 Å². The summed E-state index contributed by atoms with van der Waals surface area (Å²) in [7, 11) is -8.19. The maximum absolute atomic E-state index is 9.38. The Kier molecular flexibility index (Phi) is 50.7. The molecule has 0 heterocycles. The molecule has 0 aromatic rings. The fourth-order valence-electron chi connectivity index (χ4n) is 0.100. The molecule has 0 amide bonds. The van der Waals surface area contributed by atoms with Crippen LogP contribution in [0.3, 0.4) is 0 Å². The molecule has 0 aromatic heterocycles. The van der Waals surface area contributed by atoms with Crippen molar-refractivity contribution in [3.63, 3.8) is 0 Å². The topological polar surface area (TPSA) is 142 Å². The minimum atomic E-state index is -4.82. The van der Waals surface area contributed by atoms with Crippen LogP contribution in [0.5, 0.6) is 0 Å². The van der Waals surface area contributed by atoms with Crippen LogP contribution in [-0.4, -0.2) is 129 Å². The van der Waals surface area contributed by atoms with Gasteiger partial charge in [0, 0.05) is 36.8 Å². The first-order valence-electron chi connectivity index (χ1n) is 1.42. The Balaban J connectivity index is -0.00000000681. The van der Waals surface area contributed by atoms with E-state index in [0.29, 0.717) is 0 Å². The van der Waals surface area contributed by atoms with Crippen molar-refractivity contribution < 1.29 is 58.7 Å². The van der Waals surface area contributed by atoms with E-state index < -0.39 is 17.3 Å². The summed E-state index contributed by atoms with van der Waals surface area (Å²) in [4.78, 5) is 32.9. The van der Waals surface area contributed by atoms with Gasteiger partial charge in [-0.25, -0.2) is 0 Å². The van der Waals surface area contributed by atoms with Crippen LogP contribution >= 0.6 is 8.25 Å². The van der Waals surface area contributed by atoms with E-state index >= 15 is 0 Å². The smallest absolute Gasteiger partial charge is 1.00 e. The summed E-state index contributed by atoms with van der Waals surface area (Å²) in [5.74, 6) is 0. The van der Waals surface area contributed by atoms with Crippen LogP contribution < -0.4 is 4.89 Å². The van der Waals surface area contributed by atoms with Crippen LogP contribution in [0.1, 0.15) is 5.71 Å². The Labute approximate surface area is 173 Å². The SMILES string of the molecule is O.O=[P+]([O-])O[Si](O)(O)O.[Al].[Ca+2].[H-].[H-].[H-].[H-].[Sr+2].[Zn]. The Hall–Kier alpha value is 3.97. The minimum Gasteiger partial charge on any atom is -1.00 e. The minimum absolute atomic E-state index is 0. The second kappa shape index (κ2) is 18.3. The monoisotopic (exact) mass is 399 g/mol. The van der Waals surface area contributed by atoms with Crippen LogP contribution in [0.15, 0.2) is 0 Å². The molecule has 0 aliphatic carbocycles. The maximum atomic E-state index is 9.38. The summed E-state index contributed by atoms with van der Waals surface area (Å²) in [6, 6.07) is 0. The molecule has 0 saturated carbocycles. The van der Waals surface area contributed by atoms with Crippen LogP contribution in [0.2, 0.25) is 0 Å². The van der Waals surface area contributed by atoms with Crippen molar-refractivity contribution in [1.29, 1.82) is 0 Å². The molecular formula is H9AlCaO7PSiSrZn. The first-order valence-corrected chi connectivity index (χ1v) is 4.27. The Bertz CT molecular complexity index is 125. The molecule has 7 nitrogen and oxygen atoms in total. The molecule has 13 heavy (non-hydrogen) atoms. The molecule has 0 spiro atoms. The van der Waals surface area contributed by atoms with E-state index in [1.807, 2.05) is 0 Å². The molecule has 0 rings (SSSR count). The van der Waals surface area contributed by atoms with Gasteiger partial charge in [-0.2, -0.15) is 0 Å². The van der Waals surface area contributed by atoms with Gasteiger partial charge in [-0.1, -0.05) is 0 Å². The van der Waals surface area contributed by atoms with Crippen molar-refractivity contribution in [2.24, 2.45) is 0 Å². The standard InChI is InChI=1S/Al.Ca.H3O6PSi.H2O.Sr.Zn.4H/c;;1-7(2)6-8(3,4)5;;;;;;;/h;;3-5H;1H2;;;;;;/q;+2;;;+2;;4*-1. The molecular weight excluding hydrogens is 391 g/mol. The van der Waals surface area contributed by atoms with Crippen LogP contribution in [0, 0.1) is 0 Å². The second-order valence-corrected chi connectivity index (χ2v) is 3.21. The van der Waals surface area contributed by atoms with Crippen molar-refractivity contribution in [1.82, 2.24) is 0 Å². The summed E-state index contributed by atoms with van der Waals surface area (Å²) < 4.78 is 12.6. The van der Waals surface area contributed by atoms with Gasteiger partial charge in [0.15, 0.2) is 0 Å². The van der Waals surface area contributed by atoms with Gasteiger partial charge >= 0.3 is 101 Å². The molecule has 69 valence electrons. The summed E-state index contributed by atoms with van der Waals surface area (Å²) in [6.07, 6.45) is 0. The van der Waals surface area contributed by atoms with Gasteiger partial charge in [-0.15, -0.1) is 4.21 Å². The largest absolute Gasteiger partial charge is 2.00 e. The van der Waals surface area contributed by atoms with E-state index in [1.165, 1.54) is 0 Å². The molecule has 13 heteroatoms. The Morgan fingerprint density at radius 1 is 1.38 bits per heavy atom. The molecule has 0 aromatic carbocycles. The van der Waals surface area contributed by atoms with Crippen LogP contribution in [0.4, 0.5) is 0 Å². The quantitative estimate of drug-likeness (QED) is 0.318. The van der Waals surface area contributed by atoms with Gasteiger partial charge in [-0.3, -0.25) is 0 Å². The van der Waals surface area contributed by atoms with Gasteiger partial charge in [-0.05, 0) is 4.57 Å². The molecule has 0 aliphatic heterocycles. The van der Waals surface area contributed by atoms with Gasteiger partial charge < -0.3 is 30.5 Å². The average Bonchev–Trinajstić information content (AvgIpc) is 1.21. The zero-order valence-electron chi connectivity index (χ0n) is 10.7.